The molecule has 6 heteroatoms. The molecule has 104 valence electrons. The van der Waals surface area contributed by atoms with Gasteiger partial charge in [0.15, 0.2) is 5.69 Å². The van der Waals surface area contributed by atoms with Crippen LogP contribution in [0.4, 0.5) is 11.4 Å². The predicted octanol–water partition coefficient (Wildman–Crippen LogP) is 1.95. The van der Waals surface area contributed by atoms with Gasteiger partial charge in [-0.15, -0.1) is 0 Å². The molecule has 20 heavy (non-hydrogen) atoms. The molecule has 0 fully saturated rings. The van der Waals surface area contributed by atoms with Crippen LogP contribution < -0.4 is 10.2 Å². The summed E-state index contributed by atoms with van der Waals surface area (Å²) in [5, 5.41) is 9.35. The van der Waals surface area contributed by atoms with Gasteiger partial charge in [-0.25, -0.2) is 0 Å². The number of rotatable bonds is 3. The third kappa shape index (κ3) is 3.03. The number of hydrogen-bond donors (Lipinski definition) is 2. The highest BCUT2D eigenvalue weighted by Gasteiger charge is 2.10. The van der Waals surface area contributed by atoms with Crippen molar-refractivity contribution >= 4 is 23.2 Å². The van der Waals surface area contributed by atoms with Gasteiger partial charge in [-0.1, -0.05) is 0 Å². The molecule has 0 saturated heterocycles. The minimum Gasteiger partial charge on any atom is -0.321 e. The van der Waals surface area contributed by atoms with Gasteiger partial charge in [0.2, 0.25) is 5.91 Å². The molecule has 0 saturated carbocycles. The Labute approximate surface area is 116 Å². The van der Waals surface area contributed by atoms with Crippen molar-refractivity contribution in [1.29, 1.82) is 0 Å². The standard InChI is InChI=1S/C14H16N4O2/c1-9-8-13(17-16-9)14(20)15-11-4-6-12(7-5-11)18(3)10(2)19/h4-8H,1-3H3,(H,15,20)(H,16,17). The second-order valence-electron chi connectivity index (χ2n) is 4.52. The van der Waals surface area contributed by atoms with Crippen molar-refractivity contribution in [2.75, 3.05) is 17.3 Å². The van der Waals surface area contributed by atoms with E-state index in [2.05, 4.69) is 15.5 Å². The van der Waals surface area contributed by atoms with Crippen molar-refractivity contribution in [3.8, 4) is 0 Å². The number of nitrogens with one attached hydrogen (secondary N) is 2. The lowest BCUT2D eigenvalue weighted by atomic mass is 10.2. The molecular formula is C14H16N4O2. The average molecular weight is 272 g/mol. The fourth-order valence-electron chi connectivity index (χ4n) is 1.68. The summed E-state index contributed by atoms with van der Waals surface area (Å²) < 4.78 is 0. The van der Waals surface area contributed by atoms with Crippen LogP contribution in [0.2, 0.25) is 0 Å². The van der Waals surface area contributed by atoms with Crippen molar-refractivity contribution in [3.63, 3.8) is 0 Å². The number of benzene rings is 1. The Kier molecular flexibility index (Phi) is 3.84. The Hall–Kier alpha value is -2.63. The molecule has 0 atom stereocenters. The second-order valence-corrected chi connectivity index (χ2v) is 4.52. The maximum Gasteiger partial charge on any atom is 0.276 e. The molecule has 0 aliphatic rings. The minimum absolute atomic E-state index is 0.0474. The van der Waals surface area contributed by atoms with E-state index >= 15 is 0 Å². The molecule has 1 aromatic carbocycles. The molecule has 2 rings (SSSR count). The summed E-state index contributed by atoms with van der Waals surface area (Å²) in [5.74, 6) is -0.323. The molecule has 0 spiro atoms. The first-order valence-corrected chi connectivity index (χ1v) is 6.15. The number of amides is 2. The first kappa shape index (κ1) is 13.8. The summed E-state index contributed by atoms with van der Waals surface area (Å²) in [6.45, 7) is 3.33. The number of aryl methyl sites for hydroxylation is 1. The van der Waals surface area contributed by atoms with Crippen LogP contribution in [0.25, 0.3) is 0 Å². The normalized spacial score (nSPS) is 10.2. The van der Waals surface area contributed by atoms with Crippen LogP contribution in [0.5, 0.6) is 0 Å². The first-order chi connectivity index (χ1) is 9.47. The first-order valence-electron chi connectivity index (χ1n) is 6.15. The molecule has 0 unspecified atom stereocenters. The number of aromatic amines is 1. The van der Waals surface area contributed by atoms with Crippen LogP contribution in [0.1, 0.15) is 23.1 Å². The van der Waals surface area contributed by atoms with Gasteiger partial charge in [-0.05, 0) is 37.3 Å². The smallest absolute Gasteiger partial charge is 0.276 e. The van der Waals surface area contributed by atoms with Crippen molar-refractivity contribution in [2.45, 2.75) is 13.8 Å². The van der Waals surface area contributed by atoms with E-state index in [1.807, 2.05) is 6.92 Å². The molecule has 0 radical (unpaired) electrons. The van der Waals surface area contributed by atoms with Crippen molar-refractivity contribution < 1.29 is 9.59 Å². The summed E-state index contributed by atoms with van der Waals surface area (Å²) in [7, 11) is 1.70. The van der Waals surface area contributed by atoms with Gasteiger partial charge in [-0.2, -0.15) is 5.10 Å². The van der Waals surface area contributed by atoms with Gasteiger partial charge in [0.1, 0.15) is 0 Å². The number of carbonyl (C=O) groups excluding carboxylic acids is 2. The SMILES string of the molecule is CC(=O)N(C)c1ccc(NC(=O)c2cc(C)[nH]n2)cc1. The van der Waals surface area contributed by atoms with E-state index in [0.717, 1.165) is 11.4 Å². The van der Waals surface area contributed by atoms with E-state index in [9.17, 15) is 9.59 Å². The summed E-state index contributed by atoms with van der Waals surface area (Å²) in [5.41, 5.74) is 2.59. The lowest BCUT2D eigenvalue weighted by Crippen LogP contribution is -2.22. The number of anilines is 2. The highest BCUT2D eigenvalue weighted by atomic mass is 16.2. The van der Waals surface area contributed by atoms with E-state index in [4.69, 9.17) is 0 Å². The highest BCUT2D eigenvalue weighted by molar-refractivity contribution is 6.03. The van der Waals surface area contributed by atoms with E-state index in [1.165, 1.54) is 11.8 Å². The fraction of sp³-hybridized carbons (Fsp3) is 0.214. The predicted molar refractivity (Wildman–Crippen MR) is 76.8 cm³/mol. The number of carbonyl (C=O) groups is 2. The Morgan fingerprint density at radius 3 is 2.40 bits per heavy atom. The molecule has 0 aliphatic carbocycles. The molecule has 1 heterocycles. The third-order valence-electron chi connectivity index (χ3n) is 2.92. The third-order valence-corrected chi connectivity index (χ3v) is 2.92. The Balaban J connectivity index is 2.07. The van der Waals surface area contributed by atoms with Crippen molar-refractivity contribution in [1.82, 2.24) is 10.2 Å². The zero-order valence-corrected chi connectivity index (χ0v) is 11.6. The zero-order chi connectivity index (χ0) is 14.7. The van der Waals surface area contributed by atoms with Gasteiger partial charge in [0.25, 0.3) is 5.91 Å². The van der Waals surface area contributed by atoms with Crippen LogP contribution in [-0.2, 0) is 4.79 Å². The Morgan fingerprint density at radius 1 is 1.25 bits per heavy atom. The summed E-state index contributed by atoms with van der Waals surface area (Å²) in [4.78, 5) is 24.7. The van der Waals surface area contributed by atoms with Crippen LogP contribution in [0, 0.1) is 6.92 Å². The highest BCUT2D eigenvalue weighted by Crippen LogP contribution is 2.17. The number of nitrogens with zero attached hydrogens (tertiary/aromatic N) is 2. The molecular weight excluding hydrogens is 256 g/mol. The lowest BCUT2D eigenvalue weighted by molar-refractivity contribution is -0.116. The van der Waals surface area contributed by atoms with Crippen molar-refractivity contribution in [2.24, 2.45) is 0 Å². The topological polar surface area (TPSA) is 78.1 Å². The number of hydrogen-bond acceptors (Lipinski definition) is 3. The summed E-state index contributed by atoms with van der Waals surface area (Å²) in [6, 6.07) is 8.70. The van der Waals surface area contributed by atoms with Crippen LogP contribution >= 0.6 is 0 Å². The quantitative estimate of drug-likeness (QED) is 0.896. The van der Waals surface area contributed by atoms with E-state index < -0.39 is 0 Å². The minimum atomic E-state index is -0.276. The monoisotopic (exact) mass is 272 g/mol. The van der Waals surface area contributed by atoms with Gasteiger partial charge in [-0.3, -0.25) is 14.7 Å². The molecule has 2 aromatic rings. The summed E-state index contributed by atoms with van der Waals surface area (Å²) >= 11 is 0. The van der Waals surface area contributed by atoms with Gasteiger partial charge >= 0.3 is 0 Å². The van der Waals surface area contributed by atoms with E-state index in [0.29, 0.717) is 11.4 Å². The Morgan fingerprint density at radius 2 is 1.90 bits per heavy atom. The molecule has 0 bridgehead atoms. The zero-order valence-electron chi connectivity index (χ0n) is 11.6. The Bertz CT molecular complexity index is 631. The van der Waals surface area contributed by atoms with Gasteiger partial charge in [0, 0.05) is 31.0 Å². The molecule has 6 nitrogen and oxygen atoms in total. The fourth-order valence-corrected chi connectivity index (χ4v) is 1.68. The van der Waals surface area contributed by atoms with Gasteiger partial charge < -0.3 is 10.2 Å². The molecule has 2 N–H and O–H groups in total. The number of aromatic nitrogens is 2. The van der Waals surface area contributed by atoms with E-state index in [1.54, 1.807) is 37.4 Å². The van der Waals surface area contributed by atoms with Crippen molar-refractivity contribution in [3.05, 3.63) is 41.7 Å². The lowest BCUT2D eigenvalue weighted by Gasteiger charge is -2.15. The second kappa shape index (κ2) is 5.56. The van der Waals surface area contributed by atoms with Gasteiger partial charge in [0.05, 0.1) is 0 Å². The molecule has 2 amide bonds. The maximum atomic E-state index is 11.9. The number of H-pyrrole nitrogens is 1. The molecule has 1 aromatic heterocycles. The van der Waals surface area contributed by atoms with Crippen LogP contribution in [-0.4, -0.2) is 29.1 Å². The van der Waals surface area contributed by atoms with Crippen LogP contribution in [0.15, 0.2) is 30.3 Å². The van der Waals surface area contributed by atoms with E-state index in [-0.39, 0.29) is 11.8 Å². The molecule has 0 aliphatic heterocycles. The maximum absolute atomic E-state index is 11.9. The largest absolute Gasteiger partial charge is 0.321 e. The summed E-state index contributed by atoms with van der Waals surface area (Å²) in [6.07, 6.45) is 0. The average Bonchev–Trinajstić information content (AvgIpc) is 2.85. The van der Waals surface area contributed by atoms with Crippen LogP contribution in [0.3, 0.4) is 0 Å².